The summed E-state index contributed by atoms with van der Waals surface area (Å²) in [6, 6.07) is 7.23. The van der Waals surface area contributed by atoms with Crippen molar-refractivity contribution in [2.75, 3.05) is 19.8 Å². The molecule has 1 aliphatic heterocycles. The number of hydrogen-bond acceptors (Lipinski definition) is 4. The Bertz CT molecular complexity index is 357. The highest BCUT2D eigenvalue weighted by Crippen LogP contribution is 2.20. The topological polar surface area (TPSA) is 61.7 Å². The molecule has 0 aromatic heterocycles. The van der Waals surface area contributed by atoms with Crippen molar-refractivity contribution in [2.45, 2.75) is 25.0 Å². The van der Waals surface area contributed by atoms with E-state index in [0.717, 1.165) is 5.56 Å². The monoisotopic (exact) mass is 237 g/mol. The molecular formula is C13H19NO3. The Balaban J connectivity index is 1.88. The SMILES string of the molecule is CC(NCC1(O)CCOC1)c1ccc(O)cc1. The predicted octanol–water partition coefficient (Wildman–Crippen LogP) is 1.19. The van der Waals surface area contributed by atoms with Gasteiger partial charge in [0.2, 0.25) is 0 Å². The standard InChI is InChI=1S/C13H19NO3/c1-10(11-2-4-12(15)5-3-11)14-8-13(16)6-7-17-9-13/h2-5,10,14-16H,6-9H2,1H3. The summed E-state index contributed by atoms with van der Waals surface area (Å²) in [7, 11) is 0. The molecule has 2 unspecified atom stereocenters. The molecule has 0 bridgehead atoms. The van der Waals surface area contributed by atoms with Gasteiger partial charge in [0.05, 0.1) is 6.61 Å². The van der Waals surface area contributed by atoms with Crippen LogP contribution in [-0.2, 0) is 4.74 Å². The molecule has 1 aromatic carbocycles. The quantitative estimate of drug-likeness (QED) is 0.736. The lowest BCUT2D eigenvalue weighted by Crippen LogP contribution is -2.41. The molecule has 4 heteroatoms. The number of phenolic OH excluding ortho intramolecular Hbond substituents is 1. The van der Waals surface area contributed by atoms with Crippen LogP contribution in [0, 0.1) is 0 Å². The van der Waals surface area contributed by atoms with E-state index in [0.29, 0.717) is 26.2 Å². The lowest BCUT2D eigenvalue weighted by Gasteiger charge is -2.24. The van der Waals surface area contributed by atoms with Gasteiger partial charge in [-0.05, 0) is 24.6 Å². The molecule has 3 N–H and O–H groups in total. The molecule has 1 aliphatic rings. The van der Waals surface area contributed by atoms with Crippen molar-refractivity contribution in [2.24, 2.45) is 0 Å². The van der Waals surface area contributed by atoms with Crippen molar-refractivity contribution >= 4 is 0 Å². The smallest absolute Gasteiger partial charge is 0.115 e. The number of ether oxygens (including phenoxy) is 1. The molecule has 1 fully saturated rings. The largest absolute Gasteiger partial charge is 0.508 e. The van der Waals surface area contributed by atoms with Gasteiger partial charge in [-0.1, -0.05) is 12.1 Å². The number of rotatable bonds is 4. The van der Waals surface area contributed by atoms with Crippen LogP contribution in [0.2, 0.25) is 0 Å². The van der Waals surface area contributed by atoms with Crippen LogP contribution in [0.4, 0.5) is 0 Å². The van der Waals surface area contributed by atoms with Gasteiger partial charge >= 0.3 is 0 Å². The van der Waals surface area contributed by atoms with Gasteiger partial charge in [-0.15, -0.1) is 0 Å². The van der Waals surface area contributed by atoms with Crippen LogP contribution in [0.3, 0.4) is 0 Å². The summed E-state index contributed by atoms with van der Waals surface area (Å²) < 4.78 is 5.19. The Labute approximate surface area is 101 Å². The molecule has 17 heavy (non-hydrogen) atoms. The second-order valence-corrected chi connectivity index (χ2v) is 4.72. The second-order valence-electron chi connectivity index (χ2n) is 4.72. The van der Waals surface area contributed by atoms with Crippen LogP contribution in [0.25, 0.3) is 0 Å². The number of phenols is 1. The molecule has 2 atom stereocenters. The van der Waals surface area contributed by atoms with Gasteiger partial charge in [-0.3, -0.25) is 0 Å². The summed E-state index contributed by atoms with van der Waals surface area (Å²) in [5.41, 5.74) is 0.357. The van der Waals surface area contributed by atoms with Crippen LogP contribution in [0.15, 0.2) is 24.3 Å². The van der Waals surface area contributed by atoms with E-state index in [1.165, 1.54) is 0 Å². The summed E-state index contributed by atoms with van der Waals surface area (Å²) in [4.78, 5) is 0. The van der Waals surface area contributed by atoms with Gasteiger partial charge in [0, 0.05) is 25.6 Å². The van der Waals surface area contributed by atoms with Crippen LogP contribution >= 0.6 is 0 Å². The zero-order chi connectivity index (χ0) is 12.3. The zero-order valence-corrected chi connectivity index (χ0v) is 10.0. The van der Waals surface area contributed by atoms with Crippen molar-refractivity contribution in [3.63, 3.8) is 0 Å². The molecule has 1 saturated heterocycles. The number of benzene rings is 1. The van der Waals surface area contributed by atoms with Gasteiger partial charge in [-0.2, -0.15) is 0 Å². The maximum atomic E-state index is 10.1. The first-order valence-corrected chi connectivity index (χ1v) is 5.91. The Morgan fingerprint density at radius 2 is 2.12 bits per heavy atom. The van der Waals surface area contributed by atoms with Crippen molar-refractivity contribution in [1.29, 1.82) is 0 Å². The van der Waals surface area contributed by atoms with Crippen molar-refractivity contribution in [1.82, 2.24) is 5.32 Å². The van der Waals surface area contributed by atoms with Crippen LogP contribution in [0.5, 0.6) is 5.75 Å². The minimum absolute atomic E-state index is 0.139. The average molecular weight is 237 g/mol. The zero-order valence-electron chi connectivity index (χ0n) is 10.0. The molecule has 1 heterocycles. The van der Waals surface area contributed by atoms with Gasteiger partial charge in [0.15, 0.2) is 0 Å². The summed E-state index contributed by atoms with van der Waals surface area (Å²) >= 11 is 0. The van der Waals surface area contributed by atoms with E-state index in [4.69, 9.17) is 4.74 Å². The van der Waals surface area contributed by atoms with Crippen molar-refractivity contribution in [3.05, 3.63) is 29.8 Å². The maximum absolute atomic E-state index is 10.1. The Morgan fingerprint density at radius 1 is 1.41 bits per heavy atom. The Morgan fingerprint density at radius 3 is 2.71 bits per heavy atom. The first-order chi connectivity index (χ1) is 8.09. The third kappa shape index (κ3) is 3.19. The maximum Gasteiger partial charge on any atom is 0.115 e. The minimum Gasteiger partial charge on any atom is -0.508 e. The molecule has 0 amide bonds. The molecule has 4 nitrogen and oxygen atoms in total. The highest BCUT2D eigenvalue weighted by molar-refractivity contribution is 5.27. The summed E-state index contributed by atoms with van der Waals surface area (Å²) in [6.45, 7) is 3.59. The van der Waals surface area contributed by atoms with E-state index in [9.17, 15) is 10.2 Å². The fourth-order valence-corrected chi connectivity index (χ4v) is 1.96. The summed E-state index contributed by atoms with van der Waals surface area (Å²) in [5, 5.41) is 22.6. The first-order valence-electron chi connectivity index (χ1n) is 5.91. The highest BCUT2D eigenvalue weighted by atomic mass is 16.5. The van der Waals surface area contributed by atoms with E-state index < -0.39 is 5.60 Å². The molecule has 2 rings (SSSR count). The summed E-state index contributed by atoms with van der Waals surface area (Å²) in [5.74, 6) is 0.267. The molecule has 0 radical (unpaired) electrons. The van der Waals surface area contributed by atoms with Gasteiger partial charge in [0.1, 0.15) is 11.4 Å². The van der Waals surface area contributed by atoms with Crippen LogP contribution < -0.4 is 5.32 Å². The number of aliphatic hydroxyl groups is 1. The molecule has 0 aliphatic carbocycles. The normalized spacial score (nSPS) is 26.0. The first kappa shape index (κ1) is 12.4. The average Bonchev–Trinajstić information content (AvgIpc) is 2.75. The lowest BCUT2D eigenvalue weighted by molar-refractivity contribution is 0.0252. The number of nitrogens with one attached hydrogen (secondary N) is 1. The van der Waals surface area contributed by atoms with Crippen LogP contribution in [0.1, 0.15) is 24.9 Å². The number of hydrogen-bond donors (Lipinski definition) is 3. The van der Waals surface area contributed by atoms with E-state index >= 15 is 0 Å². The van der Waals surface area contributed by atoms with E-state index in [1.54, 1.807) is 12.1 Å². The van der Waals surface area contributed by atoms with E-state index in [2.05, 4.69) is 5.32 Å². The van der Waals surface area contributed by atoms with Crippen LogP contribution in [-0.4, -0.2) is 35.6 Å². The molecular weight excluding hydrogens is 218 g/mol. The molecule has 0 saturated carbocycles. The highest BCUT2D eigenvalue weighted by Gasteiger charge is 2.32. The van der Waals surface area contributed by atoms with Gasteiger partial charge < -0.3 is 20.3 Å². The molecule has 0 spiro atoms. The lowest BCUT2D eigenvalue weighted by atomic mass is 10.0. The third-order valence-corrected chi connectivity index (χ3v) is 3.21. The van der Waals surface area contributed by atoms with Crippen molar-refractivity contribution in [3.8, 4) is 5.75 Å². The fourth-order valence-electron chi connectivity index (χ4n) is 1.96. The van der Waals surface area contributed by atoms with E-state index in [-0.39, 0.29) is 11.8 Å². The Kier molecular flexibility index (Phi) is 3.66. The van der Waals surface area contributed by atoms with Crippen molar-refractivity contribution < 1.29 is 14.9 Å². The molecule has 1 aromatic rings. The minimum atomic E-state index is -0.731. The van der Waals surface area contributed by atoms with Gasteiger partial charge in [-0.25, -0.2) is 0 Å². The fraction of sp³-hybridized carbons (Fsp3) is 0.538. The molecule has 94 valence electrons. The summed E-state index contributed by atoms with van der Waals surface area (Å²) in [6.07, 6.45) is 0.683. The predicted molar refractivity (Wildman–Crippen MR) is 64.9 cm³/mol. The van der Waals surface area contributed by atoms with Gasteiger partial charge in [0.25, 0.3) is 0 Å². The van der Waals surface area contributed by atoms with E-state index in [1.807, 2.05) is 19.1 Å². The second kappa shape index (κ2) is 5.04. The number of aromatic hydroxyl groups is 1. The third-order valence-electron chi connectivity index (χ3n) is 3.21. The Hall–Kier alpha value is -1.10.